The molecule has 0 saturated carbocycles. The van der Waals surface area contributed by atoms with Gasteiger partial charge in [-0.15, -0.1) is 0 Å². The van der Waals surface area contributed by atoms with Crippen LogP contribution >= 0.6 is 0 Å². The Morgan fingerprint density at radius 1 is 1.04 bits per heavy atom. The molecule has 1 aromatic carbocycles. The topological polar surface area (TPSA) is 48.9 Å². The molecular formula is C19H24N4O2. The van der Waals surface area contributed by atoms with Crippen molar-refractivity contribution in [3.8, 4) is 5.75 Å². The van der Waals surface area contributed by atoms with E-state index in [4.69, 9.17) is 4.74 Å². The van der Waals surface area contributed by atoms with E-state index in [0.29, 0.717) is 5.56 Å². The van der Waals surface area contributed by atoms with Gasteiger partial charge in [0.25, 0.3) is 5.91 Å². The van der Waals surface area contributed by atoms with Crippen LogP contribution in [-0.4, -0.2) is 63.2 Å². The lowest BCUT2D eigenvalue weighted by Gasteiger charge is -2.37. The summed E-state index contributed by atoms with van der Waals surface area (Å²) in [7, 11) is 5.20. The Bertz CT molecular complexity index is 722. The molecule has 0 radical (unpaired) electrons. The van der Waals surface area contributed by atoms with Crippen molar-refractivity contribution in [1.29, 1.82) is 0 Å². The van der Waals surface area contributed by atoms with E-state index in [-0.39, 0.29) is 5.91 Å². The molecule has 3 rings (SSSR count). The van der Waals surface area contributed by atoms with Crippen LogP contribution in [0.4, 0.5) is 11.5 Å². The van der Waals surface area contributed by atoms with Crippen molar-refractivity contribution in [3.63, 3.8) is 0 Å². The summed E-state index contributed by atoms with van der Waals surface area (Å²) in [5.41, 5.74) is 1.84. The van der Waals surface area contributed by atoms with Crippen molar-refractivity contribution in [2.45, 2.75) is 0 Å². The quantitative estimate of drug-likeness (QED) is 0.853. The molecule has 0 aliphatic carbocycles. The molecule has 1 saturated heterocycles. The predicted octanol–water partition coefficient (Wildman–Crippen LogP) is 2.12. The molecule has 0 unspecified atom stereocenters. The minimum atomic E-state index is -0.0133. The highest BCUT2D eigenvalue weighted by Gasteiger charge is 2.23. The summed E-state index contributed by atoms with van der Waals surface area (Å²) in [5, 5.41) is 0. The number of carbonyl (C=O) groups is 1. The van der Waals surface area contributed by atoms with Gasteiger partial charge in [-0.3, -0.25) is 4.79 Å². The molecular weight excluding hydrogens is 316 g/mol. The van der Waals surface area contributed by atoms with Crippen molar-refractivity contribution in [2.24, 2.45) is 0 Å². The van der Waals surface area contributed by atoms with Crippen LogP contribution in [0.15, 0.2) is 42.6 Å². The number of rotatable bonds is 4. The fourth-order valence-corrected chi connectivity index (χ4v) is 3.03. The molecule has 0 spiro atoms. The number of carbonyl (C=O) groups excluding carboxylic acids is 1. The number of aromatic nitrogens is 1. The van der Waals surface area contributed by atoms with E-state index in [1.165, 1.54) is 5.69 Å². The third kappa shape index (κ3) is 3.68. The summed E-state index contributed by atoms with van der Waals surface area (Å²) in [6.45, 7) is 3.44. The molecule has 2 aromatic rings. The van der Waals surface area contributed by atoms with Gasteiger partial charge in [0.15, 0.2) is 0 Å². The molecule has 1 aliphatic heterocycles. The van der Waals surface area contributed by atoms with Crippen LogP contribution in [0.2, 0.25) is 0 Å². The number of piperazine rings is 1. The van der Waals surface area contributed by atoms with Gasteiger partial charge in [0.05, 0.1) is 12.7 Å². The van der Waals surface area contributed by atoms with Crippen LogP contribution in [-0.2, 0) is 0 Å². The number of benzene rings is 1. The lowest BCUT2D eigenvalue weighted by molar-refractivity contribution is 0.0828. The van der Waals surface area contributed by atoms with Crippen molar-refractivity contribution >= 4 is 17.4 Å². The molecule has 6 heteroatoms. The van der Waals surface area contributed by atoms with E-state index in [2.05, 4.69) is 26.9 Å². The molecule has 6 nitrogen and oxygen atoms in total. The number of hydrogen-bond acceptors (Lipinski definition) is 5. The van der Waals surface area contributed by atoms with Crippen LogP contribution in [0, 0.1) is 0 Å². The zero-order valence-electron chi connectivity index (χ0n) is 15.0. The maximum Gasteiger partial charge on any atom is 0.257 e. The standard InChI is InChI=1S/C19H24N4O2/c1-21(2)19(24)17-5-4-10-20-18(17)23-13-11-22(12-14-23)15-6-8-16(25-3)9-7-15/h4-10H,11-14H2,1-3H3. The van der Waals surface area contributed by atoms with Gasteiger partial charge >= 0.3 is 0 Å². The zero-order valence-corrected chi connectivity index (χ0v) is 15.0. The maximum atomic E-state index is 12.4. The van der Waals surface area contributed by atoms with Crippen molar-refractivity contribution in [1.82, 2.24) is 9.88 Å². The number of amides is 1. The Balaban J connectivity index is 1.71. The van der Waals surface area contributed by atoms with Crippen molar-refractivity contribution in [2.75, 3.05) is 57.2 Å². The third-order valence-electron chi connectivity index (χ3n) is 4.44. The number of ether oxygens (including phenoxy) is 1. The van der Waals surface area contributed by atoms with E-state index in [1.54, 1.807) is 32.3 Å². The fourth-order valence-electron chi connectivity index (χ4n) is 3.03. The minimum Gasteiger partial charge on any atom is -0.497 e. The highest BCUT2D eigenvalue weighted by molar-refractivity contribution is 5.98. The first-order valence-corrected chi connectivity index (χ1v) is 8.41. The fraction of sp³-hybridized carbons (Fsp3) is 0.368. The second kappa shape index (κ2) is 7.42. The summed E-state index contributed by atoms with van der Waals surface area (Å²) in [4.78, 5) is 23.0. The summed E-state index contributed by atoms with van der Waals surface area (Å²) in [5.74, 6) is 1.62. The first-order valence-electron chi connectivity index (χ1n) is 8.41. The number of hydrogen-bond donors (Lipinski definition) is 0. The van der Waals surface area contributed by atoms with E-state index in [1.807, 2.05) is 24.3 Å². The van der Waals surface area contributed by atoms with Crippen LogP contribution in [0.1, 0.15) is 10.4 Å². The van der Waals surface area contributed by atoms with Gasteiger partial charge in [-0.05, 0) is 36.4 Å². The predicted molar refractivity (Wildman–Crippen MR) is 99.7 cm³/mol. The second-order valence-electron chi connectivity index (χ2n) is 6.25. The van der Waals surface area contributed by atoms with Crippen LogP contribution in [0.25, 0.3) is 0 Å². The van der Waals surface area contributed by atoms with Crippen LogP contribution in [0.3, 0.4) is 0 Å². The molecule has 132 valence electrons. The molecule has 0 N–H and O–H groups in total. The number of methoxy groups -OCH3 is 1. The van der Waals surface area contributed by atoms with E-state index in [9.17, 15) is 4.79 Å². The molecule has 1 aromatic heterocycles. The average Bonchev–Trinajstić information content (AvgIpc) is 2.67. The highest BCUT2D eigenvalue weighted by Crippen LogP contribution is 2.24. The number of anilines is 2. The lowest BCUT2D eigenvalue weighted by atomic mass is 10.2. The molecule has 1 fully saturated rings. The molecule has 2 heterocycles. The third-order valence-corrected chi connectivity index (χ3v) is 4.44. The maximum absolute atomic E-state index is 12.4. The number of nitrogens with zero attached hydrogens (tertiary/aromatic N) is 4. The van der Waals surface area contributed by atoms with E-state index >= 15 is 0 Å². The summed E-state index contributed by atoms with van der Waals surface area (Å²) in [6, 6.07) is 11.8. The summed E-state index contributed by atoms with van der Waals surface area (Å²) >= 11 is 0. The number of pyridine rings is 1. The van der Waals surface area contributed by atoms with Gasteiger partial charge in [-0.25, -0.2) is 4.98 Å². The van der Waals surface area contributed by atoms with Crippen LogP contribution < -0.4 is 14.5 Å². The Hall–Kier alpha value is -2.76. The van der Waals surface area contributed by atoms with Crippen molar-refractivity contribution < 1.29 is 9.53 Å². The molecule has 25 heavy (non-hydrogen) atoms. The normalized spacial score (nSPS) is 14.4. The highest BCUT2D eigenvalue weighted by atomic mass is 16.5. The monoisotopic (exact) mass is 340 g/mol. The van der Waals surface area contributed by atoms with Gasteiger partial charge in [-0.2, -0.15) is 0 Å². The van der Waals surface area contributed by atoms with Gasteiger partial charge in [0.1, 0.15) is 11.6 Å². The Kier molecular flexibility index (Phi) is 5.07. The Labute approximate surface area is 148 Å². The first kappa shape index (κ1) is 17.1. The van der Waals surface area contributed by atoms with Gasteiger partial charge in [0, 0.05) is 52.2 Å². The van der Waals surface area contributed by atoms with Gasteiger partial charge < -0.3 is 19.4 Å². The molecule has 0 bridgehead atoms. The average molecular weight is 340 g/mol. The SMILES string of the molecule is COc1ccc(N2CCN(c3ncccc3C(=O)N(C)C)CC2)cc1. The largest absolute Gasteiger partial charge is 0.497 e. The van der Waals surface area contributed by atoms with Gasteiger partial charge in [0.2, 0.25) is 0 Å². The van der Waals surface area contributed by atoms with E-state index in [0.717, 1.165) is 37.7 Å². The summed E-state index contributed by atoms with van der Waals surface area (Å²) in [6.07, 6.45) is 1.75. The van der Waals surface area contributed by atoms with Gasteiger partial charge in [-0.1, -0.05) is 0 Å². The molecule has 1 aliphatic rings. The van der Waals surface area contributed by atoms with Crippen molar-refractivity contribution in [3.05, 3.63) is 48.2 Å². The first-order chi connectivity index (χ1) is 12.1. The zero-order chi connectivity index (χ0) is 17.8. The Morgan fingerprint density at radius 2 is 1.68 bits per heavy atom. The van der Waals surface area contributed by atoms with E-state index < -0.39 is 0 Å². The smallest absolute Gasteiger partial charge is 0.257 e. The summed E-state index contributed by atoms with van der Waals surface area (Å²) < 4.78 is 5.22. The van der Waals surface area contributed by atoms with Crippen LogP contribution in [0.5, 0.6) is 5.75 Å². The molecule has 1 amide bonds. The second-order valence-corrected chi connectivity index (χ2v) is 6.25. The molecule has 0 atom stereocenters. The Morgan fingerprint density at radius 3 is 2.28 bits per heavy atom. The minimum absolute atomic E-state index is 0.0133. The lowest BCUT2D eigenvalue weighted by Crippen LogP contribution is -2.47.